The van der Waals surface area contributed by atoms with Crippen molar-refractivity contribution >= 4 is 5.91 Å². The summed E-state index contributed by atoms with van der Waals surface area (Å²) in [7, 11) is 2.16. The summed E-state index contributed by atoms with van der Waals surface area (Å²) >= 11 is 0. The highest BCUT2D eigenvalue weighted by molar-refractivity contribution is 5.81. The van der Waals surface area contributed by atoms with Crippen molar-refractivity contribution < 1.29 is 4.79 Å². The monoisotopic (exact) mass is 251 g/mol. The van der Waals surface area contributed by atoms with E-state index in [2.05, 4.69) is 24.2 Å². The molecule has 3 N–H and O–H groups in total. The van der Waals surface area contributed by atoms with Gasteiger partial charge in [-0.3, -0.25) is 4.79 Å². The molecule has 1 aliphatic heterocycles. The van der Waals surface area contributed by atoms with E-state index in [4.69, 9.17) is 5.73 Å². The fourth-order valence-electron chi connectivity index (χ4n) is 2.69. The first-order chi connectivity index (χ1) is 8.48. The van der Waals surface area contributed by atoms with Gasteiger partial charge in [0.25, 0.3) is 0 Å². The number of nitrogens with two attached hydrogens (primary N) is 1. The molecule has 1 saturated heterocycles. The van der Waals surface area contributed by atoms with E-state index in [1.165, 1.54) is 0 Å². The first-order valence-electron chi connectivity index (χ1n) is 6.89. The molecule has 1 fully saturated rings. The summed E-state index contributed by atoms with van der Waals surface area (Å²) in [6, 6.07) is 0.0552. The second kappa shape index (κ2) is 5.41. The molecule has 2 unspecified atom stereocenters. The molecular weight excluding hydrogens is 226 g/mol. The van der Waals surface area contributed by atoms with Gasteiger partial charge in [0.05, 0.1) is 5.92 Å². The maximum Gasteiger partial charge on any atom is 0.227 e. The summed E-state index contributed by atoms with van der Waals surface area (Å²) < 4.78 is 0. The molecule has 4 heteroatoms. The topological polar surface area (TPSA) is 58.4 Å². The molecule has 1 amide bonds. The minimum Gasteiger partial charge on any atom is -0.355 e. The maximum atomic E-state index is 12.0. The minimum absolute atomic E-state index is 0.0186. The van der Waals surface area contributed by atoms with Gasteiger partial charge >= 0.3 is 0 Å². The van der Waals surface area contributed by atoms with Gasteiger partial charge in [-0.05, 0) is 44.8 Å². The average Bonchev–Trinajstić information content (AvgIpc) is 2.77. The van der Waals surface area contributed by atoms with Crippen molar-refractivity contribution in [2.75, 3.05) is 26.7 Å². The van der Waals surface area contributed by atoms with E-state index in [0.29, 0.717) is 0 Å². The Morgan fingerprint density at radius 1 is 1.44 bits per heavy atom. The van der Waals surface area contributed by atoms with E-state index in [-0.39, 0.29) is 23.3 Å². The number of nitrogens with zero attached hydrogens (tertiary/aromatic N) is 1. The number of likely N-dealkylation sites (tertiary alicyclic amines) is 1. The molecule has 2 atom stereocenters. The van der Waals surface area contributed by atoms with E-state index < -0.39 is 0 Å². The third-order valence-electron chi connectivity index (χ3n) is 4.34. The molecule has 0 bridgehead atoms. The van der Waals surface area contributed by atoms with Crippen LogP contribution in [0.4, 0.5) is 0 Å². The lowest BCUT2D eigenvalue weighted by atomic mass is 9.80. The molecular formula is C14H25N3O. The SMILES string of the molecule is CN1CCC(C)(CNC(=O)C2C=CC(N)C2)CC1. The van der Waals surface area contributed by atoms with Gasteiger partial charge in [0.15, 0.2) is 0 Å². The highest BCUT2D eigenvalue weighted by atomic mass is 16.1. The zero-order valence-electron chi connectivity index (χ0n) is 11.5. The molecule has 4 nitrogen and oxygen atoms in total. The van der Waals surface area contributed by atoms with Crippen LogP contribution < -0.4 is 11.1 Å². The minimum atomic E-state index is -0.0186. The summed E-state index contributed by atoms with van der Waals surface area (Å²) in [6.07, 6.45) is 6.94. The highest BCUT2D eigenvalue weighted by Crippen LogP contribution is 2.29. The van der Waals surface area contributed by atoms with Crippen LogP contribution in [0.25, 0.3) is 0 Å². The molecule has 2 aliphatic rings. The van der Waals surface area contributed by atoms with Gasteiger partial charge in [-0.25, -0.2) is 0 Å². The largest absolute Gasteiger partial charge is 0.355 e. The number of piperidine rings is 1. The second-order valence-corrected chi connectivity index (χ2v) is 6.22. The van der Waals surface area contributed by atoms with E-state index in [1.54, 1.807) is 0 Å². The van der Waals surface area contributed by atoms with Crippen molar-refractivity contribution in [2.24, 2.45) is 17.1 Å². The third kappa shape index (κ3) is 3.33. The van der Waals surface area contributed by atoms with Crippen LogP contribution in [0.1, 0.15) is 26.2 Å². The van der Waals surface area contributed by atoms with Crippen molar-refractivity contribution in [1.29, 1.82) is 0 Å². The number of carbonyl (C=O) groups is 1. The highest BCUT2D eigenvalue weighted by Gasteiger charge is 2.30. The van der Waals surface area contributed by atoms with Crippen LogP contribution in [0.5, 0.6) is 0 Å². The molecule has 102 valence electrons. The fourth-order valence-corrected chi connectivity index (χ4v) is 2.69. The van der Waals surface area contributed by atoms with Gasteiger partial charge in [-0.2, -0.15) is 0 Å². The van der Waals surface area contributed by atoms with E-state index in [9.17, 15) is 4.79 Å². The van der Waals surface area contributed by atoms with Crippen molar-refractivity contribution in [3.63, 3.8) is 0 Å². The number of carbonyl (C=O) groups excluding carboxylic acids is 1. The summed E-state index contributed by atoms with van der Waals surface area (Å²) in [4.78, 5) is 14.4. The van der Waals surface area contributed by atoms with Crippen LogP contribution >= 0.6 is 0 Å². The van der Waals surface area contributed by atoms with Gasteiger partial charge in [0, 0.05) is 12.6 Å². The zero-order chi connectivity index (χ0) is 13.2. The van der Waals surface area contributed by atoms with Crippen molar-refractivity contribution in [2.45, 2.75) is 32.2 Å². The summed E-state index contributed by atoms with van der Waals surface area (Å²) in [5.74, 6) is 0.120. The normalized spacial score (nSPS) is 31.5. The van der Waals surface area contributed by atoms with E-state index in [1.807, 2.05) is 12.2 Å². The first-order valence-corrected chi connectivity index (χ1v) is 6.89. The predicted molar refractivity (Wildman–Crippen MR) is 73.1 cm³/mol. The van der Waals surface area contributed by atoms with Crippen LogP contribution in [-0.4, -0.2) is 43.5 Å². The lowest BCUT2D eigenvalue weighted by Crippen LogP contribution is -2.44. The molecule has 0 aromatic carbocycles. The van der Waals surface area contributed by atoms with Gasteiger partial charge in [0.1, 0.15) is 0 Å². The molecule has 18 heavy (non-hydrogen) atoms. The van der Waals surface area contributed by atoms with Crippen molar-refractivity contribution in [3.8, 4) is 0 Å². The quantitative estimate of drug-likeness (QED) is 0.727. The first kappa shape index (κ1) is 13.6. The lowest BCUT2D eigenvalue weighted by molar-refractivity contribution is -0.124. The molecule has 2 rings (SSSR count). The van der Waals surface area contributed by atoms with Crippen molar-refractivity contribution in [3.05, 3.63) is 12.2 Å². The second-order valence-electron chi connectivity index (χ2n) is 6.22. The Morgan fingerprint density at radius 3 is 2.67 bits per heavy atom. The van der Waals surface area contributed by atoms with Crippen LogP contribution in [0.15, 0.2) is 12.2 Å². The van der Waals surface area contributed by atoms with Crippen LogP contribution in [0.3, 0.4) is 0 Å². The Balaban J connectivity index is 1.77. The summed E-state index contributed by atoms with van der Waals surface area (Å²) in [5.41, 5.74) is 6.03. The van der Waals surface area contributed by atoms with Gasteiger partial charge in [0.2, 0.25) is 5.91 Å². The molecule has 0 aromatic heterocycles. The molecule has 1 heterocycles. The molecule has 0 spiro atoms. The smallest absolute Gasteiger partial charge is 0.227 e. The average molecular weight is 251 g/mol. The number of rotatable bonds is 3. The molecule has 0 radical (unpaired) electrons. The van der Waals surface area contributed by atoms with E-state index in [0.717, 1.165) is 38.9 Å². The number of nitrogens with one attached hydrogen (secondary N) is 1. The number of hydrogen-bond donors (Lipinski definition) is 2. The summed E-state index contributed by atoms with van der Waals surface area (Å²) in [5, 5.41) is 3.11. The Labute approximate surface area is 110 Å². The molecule has 0 saturated carbocycles. The van der Waals surface area contributed by atoms with E-state index >= 15 is 0 Å². The van der Waals surface area contributed by atoms with Crippen LogP contribution in [0, 0.1) is 11.3 Å². The lowest BCUT2D eigenvalue weighted by Gasteiger charge is -2.38. The Bertz CT molecular complexity index is 332. The third-order valence-corrected chi connectivity index (χ3v) is 4.34. The molecule has 1 aliphatic carbocycles. The standard InChI is InChI=1S/C14H25N3O/c1-14(5-7-17(2)8-6-14)10-16-13(18)11-3-4-12(15)9-11/h3-4,11-12H,5-10,15H2,1-2H3,(H,16,18). The number of amides is 1. The van der Waals surface area contributed by atoms with Gasteiger partial charge < -0.3 is 16.0 Å². The Hall–Kier alpha value is -0.870. The predicted octanol–water partition coefficient (Wildman–Crippen LogP) is 0.738. The van der Waals surface area contributed by atoms with Crippen molar-refractivity contribution in [1.82, 2.24) is 10.2 Å². The van der Waals surface area contributed by atoms with Gasteiger partial charge in [-0.15, -0.1) is 0 Å². The fraction of sp³-hybridized carbons (Fsp3) is 0.786. The summed E-state index contributed by atoms with van der Waals surface area (Å²) in [6.45, 7) is 5.32. The maximum absolute atomic E-state index is 12.0. The van der Waals surface area contributed by atoms with Crippen LogP contribution in [-0.2, 0) is 4.79 Å². The zero-order valence-corrected chi connectivity index (χ0v) is 11.5. The Morgan fingerprint density at radius 2 is 2.11 bits per heavy atom. The molecule has 0 aromatic rings. The number of hydrogen-bond acceptors (Lipinski definition) is 3. The Kier molecular flexibility index (Phi) is 4.07. The van der Waals surface area contributed by atoms with Gasteiger partial charge in [-0.1, -0.05) is 19.1 Å². The van der Waals surface area contributed by atoms with Crippen LogP contribution in [0.2, 0.25) is 0 Å².